The summed E-state index contributed by atoms with van der Waals surface area (Å²) in [6, 6.07) is 9.95. The number of hydrogen-bond donors (Lipinski definition) is 2. The van der Waals surface area contributed by atoms with Gasteiger partial charge in [0.25, 0.3) is 0 Å². The van der Waals surface area contributed by atoms with Crippen molar-refractivity contribution in [1.29, 1.82) is 0 Å². The number of aromatic nitrogens is 1. The van der Waals surface area contributed by atoms with E-state index in [4.69, 9.17) is 27.9 Å². The van der Waals surface area contributed by atoms with Gasteiger partial charge in [-0.3, -0.25) is 5.43 Å². The molecule has 126 valence electrons. The zero-order chi connectivity index (χ0) is 17.7. The molecule has 0 saturated carbocycles. The maximum absolute atomic E-state index is 11.4. The zero-order valence-corrected chi connectivity index (χ0v) is 14.5. The Morgan fingerprint density at radius 2 is 1.92 bits per heavy atom. The molecule has 2 aromatic rings. The predicted octanol–water partition coefficient (Wildman–Crippen LogP) is 4.08. The number of nitrogens with one attached hydrogen (secondary N) is 1. The molecule has 1 aromatic heterocycles. The molecular weight excluding hydrogens is 353 g/mol. The highest BCUT2D eigenvalue weighted by Gasteiger charge is 2.15. The average Bonchev–Trinajstić information content (AvgIpc) is 2.52. The van der Waals surface area contributed by atoms with Crippen LogP contribution in [0.5, 0.6) is 5.88 Å². The van der Waals surface area contributed by atoms with Crippen LogP contribution >= 0.6 is 23.2 Å². The summed E-state index contributed by atoms with van der Waals surface area (Å²) in [5, 5.41) is 13.7. The average molecular weight is 368 g/mol. The number of carboxylic acid groups (broad SMARTS) is 1. The monoisotopic (exact) mass is 367 g/mol. The van der Waals surface area contributed by atoms with E-state index in [-0.39, 0.29) is 33.6 Å². The van der Waals surface area contributed by atoms with Gasteiger partial charge in [0.15, 0.2) is 11.5 Å². The first-order valence-electron chi connectivity index (χ1n) is 7.03. The van der Waals surface area contributed by atoms with Crippen molar-refractivity contribution in [3.8, 4) is 5.88 Å². The summed E-state index contributed by atoms with van der Waals surface area (Å²) in [5.41, 5.74) is 2.83. The molecule has 1 aromatic carbocycles. The molecule has 0 amide bonds. The van der Waals surface area contributed by atoms with Crippen molar-refractivity contribution in [1.82, 2.24) is 4.98 Å². The maximum Gasteiger partial charge on any atom is 0.356 e. The summed E-state index contributed by atoms with van der Waals surface area (Å²) in [6.45, 7) is 3.66. The van der Waals surface area contributed by atoms with Crippen molar-refractivity contribution >= 4 is 40.7 Å². The fourth-order valence-corrected chi connectivity index (χ4v) is 2.22. The molecule has 0 aliphatic rings. The number of hydrazone groups is 1. The minimum atomic E-state index is -1.18. The lowest BCUT2D eigenvalue weighted by atomic mass is 10.1. The van der Waals surface area contributed by atoms with Gasteiger partial charge in [-0.25, -0.2) is 4.79 Å². The number of anilines is 1. The van der Waals surface area contributed by atoms with Crippen LogP contribution in [0.3, 0.4) is 0 Å². The number of nitrogens with zero attached hydrogens (tertiary/aromatic N) is 2. The van der Waals surface area contributed by atoms with E-state index in [0.717, 1.165) is 0 Å². The van der Waals surface area contributed by atoms with E-state index in [1.165, 1.54) is 6.07 Å². The van der Waals surface area contributed by atoms with Crippen molar-refractivity contribution < 1.29 is 14.6 Å². The van der Waals surface area contributed by atoms with Crippen LogP contribution in [-0.2, 0) is 4.79 Å². The topological polar surface area (TPSA) is 83.8 Å². The highest BCUT2D eigenvalue weighted by molar-refractivity contribution is 6.42. The van der Waals surface area contributed by atoms with Gasteiger partial charge in [-0.05, 0) is 19.9 Å². The molecule has 1 heterocycles. The minimum absolute atomic E-state index is 0.133. The van der Waals surface area contributed by atoms with Gasteiger partial charge < -0.3 is 9.84 Å². The van der Waals surface area contributed by atoms with Crippen LogP contribution in [-0.4, -0.2) is 27.9 Å². The number of carboxylic acids is 1. The van der Waals surface area contributed by atoms with E-state index in [1.807, 2.05) is 13.8 Å². The fourth-order valence-electron chi connectivity index (χ4n) is 1.77. The molecule has 0 atom stereocenters. The van der Waals surface area contributed by atoms with Crippen molar-refractivity contribution in [2.45, 2.75) is 20.0 Å². The van der Waals surface area contributed by atoms with Gasteiger partial charge in [-0.2, -0.15) is 10.1 Å². The van der Waals surface area contributed by atoms with Crippen molar-refractivity contribution in [3.05, 3.63) is 52.0 Å². The van der Waals surface area contributed by atoms with Gasteiger partial charge in [0.05, 0.1) is 11.1 Å². The van der Waals surface area contributed by atoms with E-state index in [0.29, 0.717) is 5.56 Å². The summed E-state index contributed by atoms with van der Waals surface area (Å²) in [6.07, 6.45) is -0.133. The minimum Gasteiger partial charge on any atom is -0.476 e. The zero-order valence-electron chi connectivity index (χ0n) is 13.0. The van der Waals surface area contributed by atoms with Crippen LogP contribution in [0.15, 0.2) is 41.5 Å². The van der Waals surface area contributed by atoms with Gasteiger partial charge >= 0.3 is 5.97 Å². The smallest absolute Gasteiger partial charge is 0.356 e. The highest BCUT2D eigenvalue weighted by atomic mass is 35.5. The SMILES string of the molecule is CC(C)Oc1nc(NN=C(C(=O)O)c2ccccc2)c(Cl)cc1Cl. The number of halogens is 2. The van der Waals surface area contributed by atoms with Gasteiger partial charge in [0.2, 0.25) is 5.88 Å². The molecule has 24 heavy (non-hydrogen) atoms. The van der Waals surface area contributed by atoms with Crippen molar-refractivity contribution in [3.63, 3.8) is 0 Å². The van der Waals surface area contributed by atoms with Crippen LogP contribution < -0.4 is 10.2 Å². The van der Waals surface area contributed by atoms with Crippen LogP contribution in [0, 0.1) is 0 Å². The third-order valence-corrected chi connectivity index (χ3v) is 3.33. The Bertz CT molecular complexity index is 765. The quantitative estimate of drug-likeness (QED) is 0.593. The standard InChI is InChI=1S/C16H15Cl2N3O3/c1-9(2)24-15-12(18)8-11(17)14(19-15)21-20-13(16(22)23)10-6-4-3-5-7-10/h3-9H,1-2H3,(H,19,21)(H,22,23). The normalized spacial score (nSPS) is 11.5. The third kappa shape index (κ3) is 4.59. The van der Waals surface area contributed by atoms with E-state index >= 15 is 0 Å². The largest absolute Gasteiger partial charge is 0.476 e. The van der Waals surface area contributed by atoms with E-state index in [2.05, 4.69) is 15.5 Å². The molecule has 0 unspecified atom stereocenters. The second-order valence-electron chi connectivity index (χ2n) is 5.02. The van der Waals surface area contributed by atoms with Gasteiger partial charge in [0.1, 0.15) is 5.02 Å². The molecule has 0 aliphatic carbocycles. The molecule has 0 saturated heterocycles. The lowest BCUT2D eigenvalue weighted by molar-refractivity contribution is -0.129. The summed E-state index contributed by atoms with van der Waals surface area (Å²) in [7, 11) is 0. The fraction of sp³-hybridized carbons (Fsp3) is 0.188. The number of hydrogen-bond acceptors (Lipinski definition) is 5. The van der Waals surface area contributed by atoms with Crippen LogP contribution in [0.4, 0.5) is 5.82 Å². The van der Waals surface area contributed by atoms with Crippen molar-refractivity contribution in [2.75, 3.05) is 5.43 Å². The van der Waals surface area contributed by atoms with Gasteiger partial charge in [-0.1, -0.05) is 53.5 Å². The first-order chi connectivity index (χ1) is 11.4. The molecule has 2 rings (SSSR count). The van der Waals surface area contributed by atoms with Crippen LogP contribution in [0.25, 0.3) is 0 Å². The van der Waals surface area contributed by atoms with E-state index in [1.54, 1.807) is 30.3 Å². The third-order valence-electron chi connectivity index (χ3n) is 2.77. The Kier molecular flexibility index (Phi) is 6.00. The summed E-state index contributed by atoms with van der Waals surface area (Å²) >= 11 is 12.1. The number of aliphatic carboxylic acids is 1. The second-order valence-corrected chi connectivity index (χ2v) is 5.83. The molecule has 2 N–H and O–H groups in total. The van der Waals surface area contributed by atoms with Crippen LogP contribution in [0.2, 0.25) is 10.0 Å². The van der Waals surface area contributed by atoms with Gasteiger partial charge in [-0.15, -0.1) is 0 Å². The number of pyridine rings is 1. The lowest BCUT2D eigenvalue weighted by Crippen LogP contribution is -2.16. The molecule has 0 aliphatic heterocycles. The number of ether oxygens (including phenoxy) is 1. The number of benzene rings is 1. The second kappa shape index (κ2) is 7.99. The lowest BCUT2D eigenvalue weighted by Gasteiger charge is -2.12. The predicted molar refractivity (Wildman–Crippen MR) is 94.3 cm³/mol. The van der Waals surface area contributed by atoms with E-state index in [9.17, 15) is 9.90 Å². The summed E-state index contributed by atoms with van der Waals surface area (Å²) < 4.78 is 5.47. The number of rotatable bonds is 6. The Labute approximate surface area is 149 Å². The summed E-state index contributed by atoms with van der Waals surface area (Å²) in [5.74, 6) is -0.853. The maximum atomic E-state index is 11.4. The molecule has 8 heteroatoms. The molecule has 6 nitrogen and oxygen atoms in total. The summed E-state index contributed by atoms with van der Waals surface area (Å²) in [4.78, 5) is 15.5. The molecule has 0 spiro atoms. The molecular formula is C16H15Cl2N3O3. The van der Waals surface area contributed by atoms with Gasteiger partial charge in [0, 0.05) is 5.56 Å². The first kappa shape index (κ1) is 18.0. The Hall–Kier alpha value is -2.31. The molecule has 0 radical (unpaired) electrons. The highest BCUT2D eigenvalue weighted by Crippen LogP contribution is 2.31. The van der Waals surface area contributed by atoms with Crippen molar-refractivity contribution in [2.24, 2.45) is 5.10 Å². The van der Waals surface area contributed by atoms with Crippen LogP contribution in [0.1, 0.15) is 19.4 Å². The number of carbonyl (C=O) groups is 1. The Morgan fingerprint density at radius 3 is 2.50 bits per heavy atom. The molecule has 0 bridgehead atoms. The Balaban J connectivity index is 2.33. The molecule has 0 fully saturated rings. The van der Waals surface area contributed by atoms with E-state index < -0.39 is 5.97 Å². The first-order valence-corrected chi connectivity index (χ1v) is 7.79. The Morgan fingerprint density at radius 1 is 1.25 bits per heavy atom.